The van der Waals surface area contributed by atoms with E-state index < -0.39 is 9.84 Å². The minimum Gasteiger partial charge on any atom is -0.381 e. The average Bonchev–Trinajstić information content (AvgIpc) is 2.88. The summed E-state index contributed by atoms with van der Waals surface area (Å²) in [5, 5.41) is 6.39. The fraction of sp³-hybridized carbons (Fsp3) is 0.235. The Labute approximate surface area is 145 Å². The van der Waals surface area contributed by atoms with E-state index in [4.69, 9.17) is 11.6 Å². The monoisotopic (exact) mass is 364 g/mol. The van der Waals surface area contributed by atoms with E-state index >= 15 is 0 Å². The summed E-state index contributed by atoms with van der Waals surface area (Å²) >= 11 is 6.01. The molecule has 7 heteroatoms. The van der Waals surface area contributed by atoms with Gasteiger partial charge in [0.15, 0.2) is 9.84 Å². The predicted molar refractivity (Wildman–Crippen MR) is 96.5 cm³/mol. The van der Waals surface area contributed by atoms with Gasteiger partial charge in [0, 0.05) is 17.4 Å². The first kappa shape index (κ1) is 16.8. The summed E-state index contributed by atoms with van der Waals surface area (Å²) in [6.45, 7) is 0. The van der Waals surface area contributed by atoms with E-state index in [1.807, 2.05) is 12.1 Å². The van der Waals surface area contributed by atoms with Crippen molar-refractivity contribution < 1.29 is 13.2 Å². The van der Waals surface area contributed by atoms with Crippen LogP contribution in [0.1, 0.15) is 16.8 Å². The number of carbonyl (C=O) groups is 1. The van der Waals surface area contributed by atoms with Gasteiger partial charge >= 0.3 is 0 Å². The third kappa shape index (κ3) is 4.07. The number of halogens is 1. The lowest BCUT2D eigenvalue weighted by atomic mass is 10.2. The Kier molecular flexibility index (Phi) is 4.78. The summed E-state index contributed by atoms with van der Waals surface area (Å²) in [6, 6.07) is 13.9. The quantitative estimate of drug-likeness (QED) is 0.873. The first-order valence-corrected chi connectivity index (χ1v) is 9.76. The minimum absolute atomic E-state index is 0.0569. The van der Waals surface area contributed by atoms with E-state index in [2.05, 4.69) is 10.6 Å². The van der Waals surface area contributed by atoms with Crippen molar-refractivity contribution in [1.29, 1.82) is 0 Å². The van der Waals surface area contributed by atoms with Crippen molar-refractivity contribution in [3.63, 3.8) is 0 Å². The van der Waals surface area contributed by atoms with Crippen molar-refractivity contribution in [2.24, 2.45) is 0 Å². The maximum atomic E-state index is 12.2. The number of hydrogen-bond acceptors (Lipinski definition) is 4. The van der Waals surface area contributed by atoms with Gasteiger partial charge in [-0.05, 0) is 42.8 Å². The van der Waals surface area contributed by atoms with E-state index in [-0.39, 0.29) is 23.5 Å². The van der Waals surface area contributed by atoms with Gasteiger partial charge in [-0.15, -0.1) is 0 Å². The molecule has 0 aliphatic carbocycles. The van der Waals surface area contributed by atoms with Gasteiger partial charge in [-0.25, -0.2) is 8.42 Å². The van der Waals surface area contributed by atoms with Gasteiger partial charge in [0.05, 0.1) is 22.1 Å². The number of benzene rings is 2. The maximum Gasteiger partial charge on any atom is 0.257 e. The predicted octanol–water partition coefficient (Wildman–Crippen LogP) is 3.19. The van der Waals surface area contributed by atoms with E-state index in [1.54, 1.807) is 36.4 Å². The lowest BCUT2D eigenvalue weighted by Crippen LogP contribution is -2.20. The summed E-state index contributed by atoms with van der Waals surface area (Å²) in [4.78, 5) is 12.2. The molecule has 2 aromatic carbocycles. The zero-order valence-electron chi connectivity index (χ0n) is 12.8. The third-order valence-electron chi connectivity index (χ3n) is 3.86. The maximum absolute atomic E-state index is 12.2. The molecule has 0 bridgehead atoms. The molecule has 1 saturated heterocycles. The van der Waals surface area contributed by atoms with Crippen molar-refractivity contribution in [2.45, 2.75) is 12.5 Å². The van der Waals surface area contributed by atoms with Crippen LogP contribution in [0.2, 0.25) is 5.02 Å². The molecule has 0 saturated carbocycles. The average molecular weight is 365 g/mol. The highest BCUT2D eigenvalue weighted by Crippen LogP contribution is 2.21. The lowest BCUT2D eigenvalue weighted by Gasteiger charge is -2.13. The highest BCUT2D eigenvalue weighted by atomic mass is 35.5. The molecular weight excluding hydrogens is 348 g/mol. The molecule has 2 N–H and O–H groups in total. The Balaban J connectivity index is 1.63. The highest BCUT2D eigenvalue weighted by molar-refractivity contribution is 7.91. The Morgan fingerprint density at radius 1 is 1.04 bits per heavy atom. The summed E-state index contributed by atoms with van der Waals surface area (Å²) in [5.74, 6) is 0.123. The van der Waals surface area contributed by atoms with E-state index in [9.17, 15) is 13.2 Å². The summed E-state index contributed by atoms with van der Waals surface area (Å²) in [5.41, 5.74) is 1.88. The molecule has 1 heterocycles. The topological polar surface area (TPSA) is 75.3 Å². The number of amides is 1. The molecule has 2 aromatic rings. The second-order valence-corrected chi connectivity index (χ2v) is 8.39. The van der Waals surface area contributed by atoms with Crippen LogP contribution in [0.25, 0.3) is 0 Å². The molecule has 3 rings (SSSR count). The number of anilines is 2. The summed E-state index contributed by atoms with van der Waals surface area (Å²) in [6.07, 6.45) is 0.618. The molecule has 0 radical (unpaired) electrons. The van der Waals surface area contributed by atoms with Gasteiger partial charge in [0.2, 0.25) is 0 Å². The lowest BCUT2D eigenvalue weighted by molar-refractivity contribution is 0.102. The molecule has 1 fully saturated rings. The van der Waals surface area contributed by atoms with Crippen molar-refractivity contribution in [1.82, 2.24) is 0 Å². The number of nitrogens with one attached hydrogen (secondary N) is 2. The van der Waals surface area contributed by atoms with Crippen LogP contribution in [0.15, 0.2) is 48.5 Å². The van der Waals surface area contributed by atoms with Crippen LogP contribution in [0, 0.1) is 0 Å². The number of rotatable bonds is 4. The van der Waals surface area contributed by atoms with Crippen molar-refractivity contribution in [3.8, 4) is 0 Å². The van der Waals surface area contributed by atoms with Crippen LogP contribution >= 0.6 is 11.6 Å². The van der Waals surface area contributed by atoms with Gasteiger partial charge < -0.3 is 10.6 Å². The SMILES string of the molecule is O=C(Nc1ccc(NC2CCS(=O)(=O)C2)cc1)c1ccccc1Cl. The normalized spacial score (nSPS) is 19.0. The number of hydrogen-bond donors (Lipinski definition) is 2. The van der Waals surface area contributed by atoms with E-state index in [0.29, 0.717) is 22.7 Å². The fourth-order valence-electron chi connectivity index (χ4n) is 2.64. The molecule has 0 aromatic heterocycles. The largest absolute Gasteiger partial charge is 0.381 e. The van der Waals surface area contributed by atoms with Gasteiger partial charge in [0.25, 0.3) is 5.91 Å². The van der Waals surface area contributed by atoms with E-state index in [1.165, 1.54) is 0 Å². The van der Waals surface area contributed by atoms with Crippen LogP contribution in [0.4, 0.5) is 11.4 Å². The van der Waals surface area contributed by atoms with Gasteiger partial charge in [-0.2, -0.15) is 0 Å². The van der Waals surface area contributed by atoms with Crippen molar-refractivity contribution >= 4 is 38.7 Å². The molecule has 1 aliphatic heterocycles. The van der Waals surface area contributed by atoms with Crippen LogP contribution < -0.4 is 10.6 Å². The Morgan fingerprint density at radius 3 is 2.33 bits per heavy atom. The zero-order valence-corrected chi connectivity index (χ0v) is 14.4. The summed E-state index contributed by atoms with van der Waals surface area (Å²) < 4.78 is 22.9. The number of carbonyl (C=O) groups excluding carboxylic acids is 1. The Hall–Kier alpha value is -2.05. The van der Waals surface area contributed by atoms with Crippen LogP contribution in [0.3, 0.4) is 0 Å². The highest BCUT2D eigenvalue weighted by Gasteiger charge is 2.27. The summed E-state index contributed by atoms with van der Waals surface area (Å²) in [7, 11) is -2.91. The van der Waals surface area contributed by atoms with Crippen LogP contribution in [-0.4, -0.2) is 31.9 Å². The molecular formula is C17H17ClN2O3S. The first-order valence-electron chi connectivity index (χ1n) is 7.56. The van der Waals surface area contributed by atoms with Crippen LogP contribution in [-0.2, 0) is 9.84 Å². The molecule has 1 atom stereocenters. The standard InChI is InChI=1S/C17H17ClN2O3S/c18-16-4-2-1-3-15(16)17(21)20-13-7-5-12(6-8-13)19-14-9-10-24(22,23)11-14/h1-8,14,19H,9-11H2,(H,20,21). The molecule has 24 heavy (non-hydrogen) atoms. The zero-order chi connectivity index (χ0) is 17.2. The van der Waals surface area contributed by atoms with Gasteiger partial charge in [0.1, 0.15) is 0 Å². The van der Waals surface area contributed by atoms with Crippen LogP contribution in [0.5, 0.6) is 0 Å². The molecule has 1 amide bonds. The fourth-order valence-corrected chi connectivity index (χ4v) is 4.53. The molecule has 0 spiro atoms. The Morgan fingerprint density at radius 2 is 1.71 bits per heavy atom. The molecule has 5 nitrogen and oxygen atoms in total. The smallest absolute Gasteiger partial charge is 0.257 e. The Bertz CT molecular complexity index is 850. The first-order chi connectivity index (χ1) is 11.4. The van der Waals surface area contributed by atoms with Crippen molar-refractivity contribution in [3.05, 3.63) is 59.1 Å². The van der Waals surface area contributed by atoms with Gasteiger partial charge in [-0.1, -0.05) is 23.7 Å². The molecule has 126 valence electrons. The minimum atomic E-state index is -2.91. The number of sulfone groups is 1. The van der Waals surface area contributed by atoms with E-state index in [0.717, 1.165) is 5.69 Å². The second-order valence-electron chi connectivity index (χ2n) is 5.76. The molecule has 1 aliphatic rings. The van der Waals surface area contributed by atoms with Gasteiger partial charge in [-0.3, -0.25) is 4.79 Å². The van der Waals surface area contributed by atoms with Crippen molar-refractivity contribution in [2.75, 3.05) is 22.1 Å². The molecule has 1 unspecified atom stereocenters. The second kappa shape index (κ2) is 6.83. The third-order valence-corrected chi connectivity index (χ3v) is 5.96.